The average molecular weight is 494 g/mol. The van der Waals surface area contributed by atoms with Crippen LogP contribution in [0.1, 0.15) is 30.9 Å². The second kappa shape index (κ2) is 12.5. The lowest BCUT2D eigenvalue weighted by atomic mass is 9.88. The maximum atomic E-state index is 13.5. The number of aryl methyl sites for hydroxylation is 1. The quantitative estimate of drug-likeness (QED) is 0.389. The summed E-state index contributed by atoms with van der Waals surface area (Å²) in [5.41, 5.74) is 5.21. The number of hydrogen-bond acceptors (Lipinski definition) is 5. The van der Waals surface area contributed by atoms with Gasteiger partial charge in [-0.3, -0.25) is 4.90 Å². The summed E-state index contributed by atoms with van der Waals surface area (Å²) in [5.74, 6) is 3.16. The van der Waals surface area contributed by atoms with Crippen molar-refractivity contribution in [3.05, 3.63) is 70.9 Å². The Hall–Kier alpha value is -3.14. The Kier molecular flexibility index (Phi) is 9.47. The number of nitrogens with one attached hydrogen (secondary N) is 2. The number of nitrogens with zero attached hydrogens (tertiary/aromatic N) is 3. The number of hydrogen-bond donors (Lipinski definition) is 2. The van der Waals surface area contributed by atoms with Gasteiger partial charge in [0.2, 0.25) is 0 Å². The molecule has 0 radical (unpaired) electrons. The Morgan fingerprint density at radius 1 is 1.26 bits per heavy atom. The molecule has 0 bridgehead atoms. The molecule has 0 atom stereocenters. The molecule has 3 aromatic rings. The summed E-state index contributed by atoms with van der Waals surface area (Å²) in [7, 11) is 1.93. The molecule has 1 aromatic heterocycles. The summed E-state index contributed by atoms with van der Waals surface area (Å²) in [4.78, 5) is 11.4. The lowest BCUT2D eigenvalue weighted by Gasteiger charge is -2.32. The van der Waals surface area contributed by atoms with Crippen LogP contribution < -0.4 is 10.6 Å². The van der Waals surface area contributed by atoms with Crippen LogP contribution in [0.15, 0.2) is 48.9 Å². The number of benzene rings is 2. The van der Waals surface area contributed by atoms with E-state index in [-0.39, 0.29) is 5.02 Å². The van der Waals surface area contributed by atoms with Crippen LogP contribution in [0.3, 0.4) is 0 Å². The lowest BCUT2D eigenvalue weighted by Crippen LogP contribution is -2.37. The normalized spacial score (nSPS) is 14.1. The van der Waals surface area contributed by atoms with Crippen LogP contribution >= 0.6 is 11.6 Å². The van der Waals surface area contributed by atoms with Crippen molar-refractivity contribution in [2.24, 2.45) is 5.92 Å². The maximum absolute atomic E-state index is 13.5. The summed E-state index contributed by atoms with van der Waals surface area (Å²) in [6.07, 6.45) is 9.54. The standard InChI is InChI=1S/C25H29ClFN5.C3H4/c1-16-10-24-21(25(30-15-29-24)31-20-4-5-23(27)22(26)13-20)12-19(16)11-18-6-8-32(9-7-18)14-17(2)28-3;1-3-2/h4-5,10,12-13,15,18,28H,2,6-9,11,14H2,1,3H3,(H,29,30,31);1H,2H3. The van der Waals surface area contributed by atoms with Gasteiger partial charge in [0.05, 0.1) is 10.5 Å². The zero-order valence-electron chi connectivity index (χ0n) is 20.7. The molecule has 7 heteroatoms. The molecule has 0 amide bonds. The summed E-state index contributed by atoms with van der Waals surface area (Å²) in [5, 5.41) is 7.44. The first-order valence-electron chi connectivity index (χ1n) is 11.8. The molecule has 1 saturated heterocycles. The van der Waals surface area contributed by atoms with Crippen molar-refractivity contribution in [1.82, 2.24) is 20.2 Å². The van der Waals surface area contributed by atoms with Gasteiger partial charge in [-0.15, -0.1) is 12.3 Å². The van der Waals surface area contributed by atoms with E-state index >= 15 is 0 Å². The number of aromatic nitrogens is 2. The molecule has 2 N–H and O–H groups in total. The molecule has 35 heavy (non-hydrogen) atoms. The summed E-state index contributed by atoms with van der Waals surface area (Å²) < 4.78 is 13.5. The fourth-order valence-electron chi connectivity index (χ4n) is 4.29. The molecular formula is C28H33ClFN5. The molecule has 4 rings (SSSR count). The second-order valence-electron chi connectivity index (χ2n) is 8.84. The predicted octanol–water partition coefficient (Wildman–Crippen LogP) is 6.10. The van der Waals surface area contributed by atoms with E-state index in [9.17, 15) is 4.39 Å². The summed E-state index contributed by atoms with van der Waals surface area (Å²) in [6, 6.07) is 8.90. The first kappa shape index (κ1) is 26.5. The highest BCUT2D eigenvalue weighted by Crippen LogP contribution is 2.30. The van der Waals surface area contributed by atoms with E-state index in [0.29, 0.717) is 17.4 Å². The average Bonchev–Trinajstić information content (AvgIpc) is 2.84. The number of rotatable bonds is 7. The fraction of sp³-hybridized carbons (Fsp3) is 0.357. The van der Waals surface area contributed by atoms with Crippen molar-refractivity contribution in [2.75, 3.05) is 32.0 Å². The fourth-order valence-corrected chi connectivity index (χ4v) is 4.47. The smallest absolute Gasteiger partial charge is 0.141 e. The Balaban J connectivity index is 0.00000108. The second-order valence-corrected chi connectivity index (χ2v) is 9.25. The van der Waals surface area contributed by atoms with Gasteiger partial charge in [0.15, 0.2) is 0 Å². The largest absolute Gasteiger partial charge is 0.391 e. The van der Waals surface area contributed by atoms with Gasteiger partial charge in [-0.25, -0.2) is 14.4 Å². The van der Waals surface area contributed by atoms with Crippen LogP contribution in [-0.4, -0.2) is 41.5 Å². The van der Waals surface area contributed by atoms with E-state index in [2.05, 4.69) is 63.5 Å². The molecule has 184 valence electrons. The van der Waals surface area contributed by atoms with Gasteiger partial charge in [0.25, 0.3) is 0 Å². The van der Waals surface area contributed by atoms with Gasteiger partial charge in [0.1, 0.15) is 18.0 Å². The molecular weight excluding hydrogens is 461 g/mol. The maximum Gasteiger partial charge on any atom is 0.141 e. The van der Waals surface area contributed by atoms with Crippen molar-refractivity contribution in [1.29, 1.82) is 0 Å². The van der Waals surface area contributed by atoms with Gasteiger partial charge >= 0.3 is 0 Å². The van der Waals surface area contributed by atoms with Crippen LogP contribution in [0, 0.1) is 31.0 Å². The SMILES string of the molecule is C#CC.C=C(CN1CCC(Cc2cc3c(Nc4ccc(F)c(Cl)c4)ncnc3cc2C)CC1)NC. The van der Waals surface area contributed by atoms with E-state index < -0.39 is 5.82 Å². The highest BCUT2D eigenvalue weighted by molar-refractivity contribution is 6.31. The highest BCUT2D eigenvalue weighted by atomic mass is 35.5. The molecule has 0 aliphatic carbocycles. The number of fused-ring (bicyclic) bond motifs is 1. The van der Waals surface area contributed by atoms with Crippen molar-refractivity contribution < 1.29 is 4.39 Å². The molecule has 1 aliphatic heterocycles. The zero-order valence-corrected chi connectivity index (χ0v) is 21.4. The number of piperidine rings is 1. The zero-order chi connectivity index (χ0) is 25.4. The minimum absolute atomic E-state index is 0.0783. The van der Waals surface area contributed by atoms with Crippen LogP contribution in [0.4, 0.5) is 15.9 Å². The molecule has 5 nitrogen and oxygen atoms in total. The molecule has 0 spiro atoms. The van der Waals surface area contributed by atoms with Crippen LogP contribution in [0.25, 0.3) is 10.9 Å². The number of terminal acetylenes is 1. The van der Waals surface area contributed by atoms with E-state index in [4.69, 9.17) is 11.6 Å². The first-order valence-corrected chi connectivity index (χ1v) is 12.1. The molecule has 1 fully saturated rings. The lowest BCUT2D eigenvalue weighted by molar-refractivity contribution is 0.195. The van der Waals surface area contributed by atoms with Gasteiger partial charge in [-0.1, -0.05) is 18.2 Å². The van der Waals surface area contributed by atoms with Crippen LogP contribution in [-0.2, 0) is 6.42 Å². The summed E-state index contributed by atoms with van der Waals surface area (Å²) in [6.45, 7) is 11.0. The molecule has 1 aliphatic rings. The topological polar surface area (TPSA) is 53.1 Å². The van der Waals surface area contributed by atoms with Crippen molar-refractivity contribution in [2.45, 2.75) is 33.1 Å². The predicted molar refractivity (Wildman–Crippen MR) is 145 cm³/mol. The molecule has 2 heterocycles. The van der Waals surface area contributed by atoms with E-state index in [1.54, 1.807) is 25.4 Å². The number of anilines is 2. The van der Waals surface area contributed by atoms with Crippen molar-refractivity contribution in [3.63, 3.8) is 0 Å². The third-order valence-electron chi connectivity index (χ3n) is 6.26. The van der Waals surface area contributed by atoms with Gasteiger partial charge in [-0.2, -0.15) is 0 Å². The third kappa shape index (κ3) is 7.17. The molecule has 0 saturated carbocycles. The van der Waals surface area contributed by atoms with Crippen LogP contribution in [0.5, 0.6) is 0 Å². The monoisotopic (exact) mass is 493 g/mol. The summed E-state index contributed by atoms with van der Waals surface area (Å²) >= 11 is 5.94. The Morgan fingerprint density at radius 3 is 2.63 bits per heavy atom. The van der Waals surface area contributed by atoms with Gasteiger partial charge in [0, 0.05) is 30.4 Å². The molecule has 2 aromatic carbocycles. The minimum atomic E-state index is -0.441. The number of likely N-dealkylation sites (tertiary alicyclic amines) is 1. The first-order chi connectivity index (χ1) is 16.8. The van der Waals surface area contributed by atoms with Gasteiger partial charge < -0.3 is 10.6 Å². The Labute approximate surface area is 212 Å². The van der Waals surface area contributed by atoms with Gasteiger partial charge in [-0.05, 0) is 93.6 Å². The minimum Gasteiger partial charge on any atom is -0.391 e. The number of halogens is 2. The highest BCUT2D eigenvalue weighted by Gasteiger charge is 2.21. The molecule has 0 unspecified atom stereocenters. The van der Waals surface area contributed by atoms with Crippen molar-refractivity contribution in [3.8, 4) is 12.3 Å². The van der Waals surface area contributed by atoms with E-state index in [1.165, 1.54) is 30.0 Å². The third-order valence-corrected chi connectivity index (χ3v) is 6.55. The Morgan fingerprint density at radius 2 is 1.97 bits per heavy atom. The van der Waals surface area contributed by atoms with E-state index in [1.807, 2.05) is 7.05 Å². The van der Waals surface area contributed by atoms with Crippen molar-refractivity contribution >= 4 is 34.0 Å². The Bertz CT molecular complexity index is 1210. The van der Waals surface area contributed by atoms with Crippen LogP contribution in [0.2, 0.25) is 5.02 Å². The van der Waals surface area contributed by atoms with E-state index in [0.717, 1.165) is 42.7 Å². The number of likely N-dealkylation sites (N-methyl/N-ethyl adjacent to an activating group) is 1.